The second-order valence-electron chi connectivity index (χ2n) is 9.24. The highest BCUT2D eigenvalue weighted by Crippen LogP contribution is 2.34. The maximum absolute atomic E-state index is 13.2. The van der Waals surface area contributed by atoms with Crippen molar-refractivity contribution in [1.29, 1.82) is 0 Å². The number of piperidine rings is 1. The number of rotatable bonds is 8. The van der Waals surface area contributed by atoms with Gasteiger partial charge in [0.2, 0.25) is 11.8 Å². The predicted octanol–water partition coefficient (Wildman–Crippen LogP) is 4.89. The van der Waals surface area contributed by atoms with E-state index in [-0.39, 0.29) is 12.0 Å². The zero-order chi connectivity index (χ0) is 21.6. The first-order valence-electron chi connectivity index (χ1n) is 11.8. The summed E-state index contributed by atoms with van der Waals surface area (Å²) in [7, 11) is 0. The van der Waals surface area contributed by atoms with Crippen LogP contribution in [0.3, 0.4) is 0 Å². The number of anilines is 1. The lowest BCUT2D eigenvalue weighted by atomic mass is 10.0. The van der Waals surface area contributed by atoms with Crippen molar-refractivity contribution < 1.29 is 14.1 Å². The zero-order valence-electron chi connectivity index (χ0n) is 18.9. The summed E-state index contributed by atoms with van der Waals surface area (Å²) in [5.74, 6) is 1.32. The molecule has 2 aromatic rings. The highest BCUT2D eigenvalue weighted by atomic mass is 16.5. The van der Waals surface area contributed by atoms with Crippen molar-refractivity contribution in [3.8, 4) is 11.3 Å². The number of amides is 1. The van der Waals surface area contributed by atoms with Gasteiger partial charge in [0, 0.05) is 38.2 Å². The van der Waals surface area contributed by atoms with Crippen LogP contribution < -0.4 is 4.90 Å². The van der Waals surface area contributed by atoms with Crippen LogP contribution in [0.1, 0.15) is 57.9 Å². The molecule has 0 radical (unpaired) electrons. The number of nitrogens with zero attached hydrogens (tertiary/aromatic N) is 3. The number of benzene rings is 1. The van der Waals surface area contributed by atoms with Crippen LogP contribution in [-0.4, -0.2) is 48.3 Å². The second-order valence-corrected chi connectivity index (χ2v) is 9.24. The third-order valence-corrected chi connectivity index (χ3v) is 6.19. The quantitative estimate of drug-likeness (QED) is 0.603. The van der Waals surface area contributed by atoms with E-state index in [1.54, 1.807) is 0 Å². The summed E-state index contributed by atoms with van der Waals surface area (Å²) in [5.41, 5.74) is 2.89. The van der Waals surface area contributed by atoms with E-state index in [1.165, 1.54) is 6.42 Å². The fourth-order valence-corrected chi connectivity index (χ4v) is 4.57. The Hall–Kier alpha value is -2.34. The third kappa shape index (κ3) is 5.48. The van der Waals surface area contributed by atoms with Gasteiger partial charge in [-0.25, -0.2) is 0 Å². The summed E-state index contributed by atoms with van der Waals surface area (Å²) in [6.07, 6.45) is 6.31. The molecular weight excluding hydrogens is 390 g/mol. The first-order valence-corrected chi connectivity index (χ1v) is 11.8. The molecule has 3 heterocycles. The minimum Gasteiger partial charge on any atom is -0.376 e. The molecule has 4 rings (SSSR count). The Labute approximate surface area is 185 Å². The first-order chi connectivity index (χ1) is 15.1. The van der Waals surface area contributed by atoms with Crippen LogP contribution in [0, 0.1) is 5.92 Å². The topological polar surface area (TPSA) is 58.8 Å². The number of carbonyl (C=O) groups is 1. The van der Waals surface area contributed by atoms with Crippen LogP contribution in [0.15, 0.2) is 34.9 Å². The molecule has 2 saturated heterocycles. The molecule has 0 spiro atoms. The fraction of sp³-hybridized carbons (Fsp3) is 0.600. The average molecular weight is 426 g/mol. The number of hydrogen-bond donors (Lipinski definition) is 0. The molecule has 0 bridgehead atoms. The van der Waals surface area contributed by atoms with Gasteiger partial charge in [-0.2, -0.15) is 0 Å². The van der Waals surface area contributed by atoms with E-state index in [4.69, 9.17) is 9.26 Å². The maximum atomic E-state index is 13.2. The Morgan fingerprint density at radius 2 is 1.94 bits per heavy atom. The Morgan fingerprint density at radius 3 is 2.61 bits per heavy atom. The van der Waals surface area contributed by atoms with Crippen molar-refractivity contribution in [2.24, 2.45) is 5.92 Å². The lowest BCUT2D eigenvalue weighted by Crippen LogP contribution is -2.38. The normalized spacial score (nSPS) is 19.2. The van der Waals surface area contributed by atoms with Crippen molar-refractivity contribution in [1.82, 2.24) is 10.1 Å². The molecule has 6 nitrogen and oxygen atoms in total. The molecule has 2 fully saturated rings. The Balaban J connectivity index is 1.66. The van der Waals surface area contributed by atoms with E-state index >= 15 is 0 Å². The molecule has 2 aliphatic rings. The molecule has 1 atom stereocenters. The van der Waals surface area contributed by atoms with Crippen molar-refractivity contribution >= 4 is 11.8 Å². The SMILES string of the molecule is CC(C)CC(=O)N(Cc1c(-c2ccccc2)noc1N1CCCCC1)C[C@H]1CCCO1. The van der Waals surface area contributed by atoms with Crippen LogP contribution in [0.4, 0.5) is 5.88 Å². The zero-order valence-corrected chi connectivity index (χ0v) is 18.9. The molecule has 0 aliphatic carbocycles. The standard InChI is InChI=1S/C25H35N3O3/c1-19(2)16-23(29)28(17-21-12-9-15-30-21)18-22-24(20-10-5-3-6-11-20)26-31-25(22)27-13-7-4-8-14-27/h3,5-6,10-11,19,21H,4,7-9,12-18H2,1-2H3/t21-/m1/s1. The smallest absolute Gasteiger partial charge is 0.232 e. The molecule has 1 amide bonds. The lowest BCUT2D eigenvalue weighted by molar-refractivity contribution is -0.134. The van der Waals surface area contributed by atoms with Crippen LogP contribution in [0.25, 0.3) is 11.3 Å². The predicted molar refractivity (Wildman–Crippen MR) is 122 cm³/mol. The highest BCUT2D eigenvalue weighted by Gasteiger charge is 2.29. The van der Waals surface area contributed by atoms with Crippen LogP contribution in [-0.2, 0) is 16.1 Å². The fourth-order valence-electron chi connectivity index (χ4n) is 4.57. The molecule has 168 valence electrons. The van der Waals surface area contributed by atoms with E-state index in [2.05, 4.69) is 36.0 Å². The molecular formula is C25H35N3O3. The van der Waals surface area contributed by atoms with E-state index in [0.717, 1.165) is 68.1 Å². The van der Waals surface area contributed by atoms with Gasteiger partial charge in [-0.05, 0) is 38.0 Å². The van der Waals surface area contributed by atoms with Crippen molar-refractivity contribution in [2.45, 2.75) is 65.0 Å². The molecule has 0 unspecified atom stereocenters. The van der Waals surface area contributed by atoms with Gasteiger partial charge in [0.05, 0.1) is 18.2 Å². The minimum atomic E-state index is 0.120. The molecule has 1 aromatic carbocycles. The van der Waals surface area contributed by atoms with Crippen LogP contribution in [0.5, 0.6) is 0 Å². The number of hydrogen-bond acceptors (Lipinski definition) is 5. The van der Waals surface area contributed by atoms with Crippen LogP contribution >= 0.6 is 0 Å². The van der Waals surface area contributed by atoms with Crippen molar-refractivity contribution in [2.75, 3.05) is 31.1 Å². The summed E-state index contributed by atoms with van der Waals surface area (Å²) in [6, 6.07) is 10.2. The van der Waals surface area contributed by atoms with Gasteiger partial charge in [0.15, 0.2) is 0 Å². The number of aromatic nitrogens is 1. The maximum Gasteiger partial charge on any atom is 0.232 e. The molecule has 1 aromatic heterocycles. The molecule has 0 saturated carbocycles. The molecule has 31 heavy (non-hydrogen) atoms. The molecule has 6 heteroatoms. The van der Waals surface area contributed by atoms with E-state index in [1.807, 2.05) is 23.1 Å². The lowest BCUT2D eigenvalue weighted by Gasteiger charge is -2.29. The van der Waals surface area contributed by atoms with E-state index < -0.39 is 0 Å². The summed E-state index contributed by atoms with van der Waals surface area (Å²) in [5, 5.41) is 4.48. The van der Waals surface area contributed by atoms with Gasteiger partial charge < -0.3 is 19.1 Å². The van der Waals surface area contributed by atoms with Gasteiger partial charge in [0.25, 0.3) is 0 Å². The van der Waals surface area contributed by atoms with E-state index in [0.29, 0.717) is 25.4 Å². The summed E-state index contributed by atoms with van der Waals surface area (Å²) in [4.78, 5) is 17.5. The van der Waals surface area contributed by atoms with Gasteiger partial charge in [0.1, 0.15) is 5.69 Å². The van der Waals surface area contributed by atoms with Crippen molar-refractivity contribution in [3.05, 3.63) is 35.9 Å². The highest BCUT2D eigenvalue weighted by molar-refractivity contribution is 5.77. The van der Waals surface area contributed by atoms with Gasteiger partial charge >= 0.3 is 0 Å². The number of carbonyl (C=O) groups excluding carboxylic acids is 1. The number of ether oxygens (including phenoxy) is 1. The van der Waals surface area contributed by atoms with Gasteiger partial charge in [-0.3, -0.25) is 4.79 Å². The van der Waals surface area contributed by atoms with Gasteiger partial charge in [-0.1, -0.05) is 49.3 Å². The summed E-state index contributed by atoms with van der Waals surface area (Å²) in [6.45, 7) is 8.06. The summed E-state index contributed by atoms with van der Waals surface area (Å²) < 4.78 is 11.8. The second kappa shape index (κ2) is 10.3. The molecule has 0 N–H and O–H groups in total. The third-order valence-electron chi connectivity index (χ3n) is 6.19. The average Bonchev–Trinajstić information content (AvgIpc) is 3.44. The largest absolute Gasteiger partial charge is 0.376 e. The first kappa shape index (κ1) is 21.9. The Morgan fingerprint density at radius 1 is 1.16 bits per heavy atom. The van der Waals surface area contributed by atoms with Gasteiger partial charge in [-0.15, -0.1) is 0 Å². The monoisotopic (exact) mass is 425 g/mol. The minimum absolute atomic E-state index is 0.120. The Kier molecular flexibility index (Phi) is 7.28. The summed E-state index contributed by atoms with van der Waals surface area (Å²) >= 11 is 0. The van der Waals surface area contributed by atoms with E-state index in [9.17, 15) is 4.79 Å². The van der Waals surface area contributed by atoms with Crippen molar-refractivity contribution in [3.63, 3.8) is 0 Å². The van der Waals surface area contributed by atoms with Crippen LogP contribution in [0.2, 0.25) is 0 Å². The Bertz CT molecular complexity index is 837. The molecule has 2 aliphatic heterocycles.